The monoisotopic (exact) mass is 256 g/mol. The van der Waals surface area contributed by atoms with Crippen LogP contribution in [0.5, 0.6) is 0 Å². The van der Waals surface area contributed by atoms with Crippen LogP contribution in [0.3, 0.4) is 0 Å². The number of aryl methyl sites for hydroxylation is 1. The summed E-state index contributed by atoms with van der Waals surface area (Å²) >= 11 is 0. The first kappa shape index (κ1) is 13.0. The van der Waals surface area contributed by atoms with Crippen LogP contribution >= 0.6 is 0 Å². The van der Waals surface area contributed by atoms with Gasteiger partial charge in [-0.25, -0.2) is 10.8 Å². The van der Waals surface area contributed by atoms with Crippen molar-refractivity contribution in [3.8, 4) is 0 Å². The Labute approximate surface area is 111 Å². The van der Waals surface area contributed by atoms with Crippen LogP contribution in [0.15, 0.2) is 47.7 Å². The fourth-order valence-corrected chi connectivity index (χ4v) is 1.44. The van der Waals surface area contributed by atoms with Gasteiger partial charge in [-0.15, -0.1) is 0 Å². The van der Waals surface area contributed by atoms with E-state index >= 15 is 0 Å². The van der Waals surface area contributed by atoms with E-state index in [9.17, 15) is 0 Å². The van der Waals surface area contributed by atoms with E-state index in [4.69, 9.17) is 5.84 Å². The molecule has 0 unspecified atom stereocenters. The van der Waals surface area contributed by atoms with E-state index in [0.717, 1.165) is 17.1 Å². The molecule has 0 aliphatic carbocycles. The maximum atomic E-state index is 5.43. The summed E-state index contributed by atoms with van der Waals surface area (Å²) in [7, 11) is 0. The van der Waals surface area contributed by atoms with E-state index < -0.39 is 0 Å². The molecule has 6 nitrogen and oxygen atoms in total. The second kappa shape index (κ2) is 6.46. The molecular weight excluding hydrogens is 240 g/mol. The second-order valence-corrected chi connectivity index (χ2v) is 3.95. The van der Waals surface area contributed by atoms with Gasteiger partial charge >= 0.3 is 0 Å². The molecule has 2 rings (SSSR count). The van der Waals surface area contributed by atoms with Crippen molar-refractivity contribution < 1.29 is 0 Å². The van der Waals surface area contributed by atoms with Gasteiger partial charge in [-0.2, -0.15) is 0 Å². The van der Waals surface area contributed by atoms with Gasteiger partial charge in [0.2, 0.25) is 5.96 Å². The van der Waals surface area contributed by atoms with Crippen molar-refractivity contribution in [2.24, 2.45) is 10.8 Å². The Morgan fingerprint density at radius 3 is 2.63 bits per heavy atom. The summed E-state index contributed by atoms with van der Waals surface area (Å²) in [6.45, 7) is 2.30. The molecule has 4 N–H and O–H groups in total. The fourth-order valence-electron chi connectivity index (χ4n) is 1.44. The Kier molecular flexibility index (Phi) is 4.41. The van der Waals surface area contributed by atoms with Gasteiger partial charge in [0.05, 0.1) is 24.1 Å². The van der Waals surface area contributed by atoms with E-state index in [-0.39, 0.29) is 0 Å². The number of benzene rings is 1. The number of hydrogen-bond acceptors (Lipinski definition) is 4. The Morgan fingerprint density at radius 1 is 1.21 bits per heavy atom. The van der Waals surface area contributed by atoms with Crippen molar-refractivity contribution in [3.05, 3.63) is 54.1 Å². The highest BCUT2D eigenvalue weighted by Crippen LogP contribution is 2.04. The summed E-state index contributed by atoms with van der Waals surface area (Å²) in [5.74, 6) is 5.91. The van der Waals surface area contributed by atoms with Gasteiger partial charge in [0, 0.05) is 11.9 Å². The molecule has 0 spiro atoms. The summed E-state index contributed by atoms with van der Waals surface area (Å²) in [5, 5.41) is 3.08. The summed E-state index contributed by atoms with van der Waals surface area (Å²) in [4.78, 5) is 12.7. The number of aliphatic imine (C=N–C) groups is 1. The predicted octanol–water partition coefficient (Wildman–Crippen LogP) is 1.22. The zero-order valence-corrected chi connectivity index (χ0v) is 10.7. The van der Waals surface area contributed by atoms with Crippen molar-refractivity contribution in [1.29, 1.82) is 0 Å². The van der Waals surface area contributed by atoms with E-state index in [1.807, 2.05) is 37.3 Å². The smallest absolute Gasteiger partial charge is 0.210 e. The summed E-state index contributed by atoms with van der Waals surface area (Å²) in [6, 6.07) is 9.67. The topological polar surface area (TPSA) is 88.2 Å². The summed E-state index contributed by atoms with van der Waals surface area (Å²) in [5.41, 5.74) is 5.10. The quantitative estimate of drug-likeness (QED) is 0.332. The van der Waals surface area contributed by atoms with Crippen LogP contribution in [0, 0.1) is 6.92 Å². The van der Waals surface area contributed by atoms with Crippen LogP contribution in [0.2, 0.25) is 0 Å². The molecule has 0 amide bonds. The number of aromatic nitrogens is 2. The van der Waals surface area contributed by atoms with Crippen molar-refractivity contribution in [2.75, 3.05) is 5.32 Å². The molecule has 19 heavy (non-hydrogen) atoms. The highest BCUT2D eigenvalue weighted by molar-refractivity contribution is 5.93. The van der Waals surface area contributed by atoms with Crippen molar-refractivity contribution >= 4 is 11.6 Å². The molecule has 0 aliphatic heterocycles. The second-order valence-electron chi connectivity index (χ2n) is 3.95. The normalized spacial score (nSPS) is 11.2. The first-order valence-corrected chi connectivity index (χ1v) is 5.88. The van der Waals surface area contributed by atoms with Gasteiger partial charge in [0.15, 0.2) is 0 Å². The molecule has 0 saturated carbocycles. The lowest BCUT2D eigenvalue weighted by atomic mass is 10.3. The van der Waals surface area contributed by atoms with Gasteiger partial charge in [-0.1, -0.05) is 18.2 Å². The van der Waals surface area contributed by atoms with Crippen LogP contribution in [0.4, 0.5) is 5.69 Å². The zero-order chi connectivity index (χ0) is 13.5. The molecule has 0 radical (unpaired) electrons. The van der Waals surface area contributed by atoms with Crippen molar-refractivity contribution in [2.45, 2.75) is 13.5 Å². The van der Waals surface area contributed by atoms with Crippen LogP contribution < -0.4 is 16.6 Å². The average Bonchev–Trinajstić information content (AvgIpc) is 2.46. The Hall–Kier alpha value is -2.47. The minimum atomic E-state index is 0.409. The molecule has 0 aliphatic rings. The van der Waals surface area contributed by atoms with Crippen molar-refractivity contribution in [3.63, 3.8) is 0 Å². The van der Waals surface area contributed by atoms with E-state index in [2.05, 4.69) is 25.7 Å². The summed E-state index contributed by atoms with van der Waals surface area (Å²) < 4.78 is 0. The lowest BCUT2D eigenvalue weighted by molar-refractivity contribution is 0.918. The van der Waals surface area contributed by atoms with Gasteiger partial charge in [0.25, 0.3) is 0 Å². The minimum absolute atomic E-state index is 0.409. The molecular formula is C13H16N6. The Balaban J connectivity index is 2.01. The molecule has 0 atom stereocenters. The molecule has 1 aromatic carbocycles. The molecule has 0 fully saturated rings. The molecule has 0 bridgehead atoms. The van der Waals surface area contributed by atoms with Crippen LogP contribution in [0.1, 0.15) is 11.4 Å². The Bertz CT molecular complexity index is 535. The van der Waals surface area contributed by atoms with E-state index in [1.54, 1.807) is 12.4 Å². The van der Waals surface area contributed by atoms with Crippen molar-refractivity contribution in [1.82, 2.24) is 15.4 Å². The molecule has 98 valence electrons. The number of hydrazine groups is 1. The first-order valence-electron chi connectivity index (χ1n) is 5.88. The number of nitrogens with two attached hydrogens (primary N) is 1. The third-order valence-corrected chi connectivity index (χ3v) is 2.41. The molecule has 0 saturated heterocycles. The molecule has 6 heteroatoms. The highest BCUT2D eigenvalue weighted by atomic mass is 15.3. The lowest BCUT2D eigenvalue weighted by Gasteiger charge is -2.08. The van der Waals surface area contributed by atoms with Crippen LogP contribution in [0.25, 0.3) is 0 Å². The third kappa shape index (κ3) is 4.04. The third-order valence-electron chi connectivity index (χ3n) is 2.41. The van der Waals surface area contributed by atoms with Crippen LogP contribution in [-0.2, 0) is 6.54 Å². The van der Waals surface area contributed by atoms with Gasteiger partial charge < -0.3 is 5.32 Å². The molecule has 2 aromatic rings. The number of nitrogens with zero attached hydrogens (tertiary/aromatic N) is 3. The number of rotatable bonds is 3. The minimum Gasteiger partial charge on any atom is -0.325 e. The van der Waals surface area contributed by atoms with Gasteiger partial charge in [0.1, 0.15) is 0 Å². The van der Waals surface area contributed by atoms with Crippen LogP contribution in [-0.4, -0.2) is 15.9 Å². The first-order chi connectivity index (χ1) is 9.28. The lowest BCUT2D eigenvalue weighted by Crippen LogP contribution is -2.36. The maximum absolute atomic E-state index is 5.43. The highest BCUT2D eigenvalue weighted by Gasteiger charge is 1.98. The number of para-hydroxylation sites is 1. The molecule has 1 heterocycles. The number of nitrogens with one attached hydrogen (secondary N) is 2. The predicted molar refractivity (Wildman–Crippen MR) is 75.3 cm³/mol. The van der Waals surface area contributed by atoms with E-state index in [0.29, 0.717) is 12.5 Å². The Morgan fingerprint density at radius 2 is 2.00 bits per heavy atom. The largest absolute Gasteiger partial charge is 0.325 e. The number of guanidine groups is 1. The van der Waals surface area contributed by atoms with E-state index in [1.165, 1.54) is 0 Å². The molecule has 1 aromatic heterocycles. The number of anilines is 1. The number of hydrogen-bond donors (Lipinski definition) is 3. The zero-order valence-electron chi connectivity index (χ0n) is 10.7. The van der Waals surface area contributed by atoms with Gasteiger partial charge in [-0.3, -0.25) is 15.4 Å². The SMILES string of the molecule is Cc1cnc(CN=C(NN)Nc2ccccc2)cn1. The standard InChI is InChI=1S/C13H16N6/c1-10-7-16-12(8-15-10)9-17-13(19-14)18-11-5-3-2-4-6-11/h2-8H,9,14H2,1H3,(H2,17,18,19). The van der Waals surface area contributed by atoms with Gasteiger partial charge in [-0.05, 0) is 19.1 Å². The fraction of sp³-hybridized carbons (Fsp3) is 0.154. The summed E-state index contributed by atoms with van der Waals surface area (Å²) in [6.07, 6.45) is 3.42. The average molecular weight is 256 g/mol. The maximum Gasteiger partial charge on any atom is 0.210 e.